The zero-order chi connectivity index (χ0) is 11.7. The molecule has 5 heteroatoms. The van der Waals surface area contributed by atoms with E-state index in [0.717, 1.165) is 43.3 Å². The van der Waals surface area contributed by atoms with Crippen molar-refractivity contribution in [2.75, 3.05) is 11.5 Å². The van der Waals surface area contributed by atoms with Crippen LogP contribution in [0.4, 0.5) is 0 Å². The largest absolute Gasteiger partial charge is 0.310 e. The van der Waals surface area contributed by atoms with Crippen molar-refractivity contribution in [3.8, 4) is 0 Å². The molecule has 1 saturated heterocycles. The molecule has 3 rings (SSSR count). The Morgan fingerprint density at radius 1 is 1.29 bits per heavy atom. The van der Waals surface area contributed by atoms with E-state index in [-0.39, 0.29) is 6.17 Å². The summed E-state index contributed by atoms with van der Waals surface area (Å²) in [7, 11) is 0. The van der Waals surface area contributed by atoms with Crippen molar-refractivity contribution in [1.29, 1.82) is 0 Å². The van der Waals surface area contributed by atoms with E-state index in [0.29, 0.717) is 0 Å². The number of thioether (sulfide) groups is 1. The molecule has 4 nitrogen and oxygen atoms in total. The monoisotopic (exact) mass is 252 g/mol. The Balaban J connectivity index is 1.71. The number of hydrogen-bond acceptors (Lipinski definition) is 4. The van der Waals surface area contributed by atoms with Gasteiger partial charge in [0.25, 0.3) is 0 Å². The summed E-state index contributed by atoms with van der Waals surface area (Å²) in [5, 5.41) is 4.60. The van der Waals surface area contributed by atoms with Crippen molar-refractivity contribution in [3.05, 3.63) is 11.6 Å². The molecule has 94 valence electrons. The Labute approximate surface area is 106 Å². The number of rotatable bonds is 2. The first-order valence-electron chi connectivity index (χ1n) is 6.60. The molecule has 0 saturated carbocycles. The summed E-state index contributed by atoms with van der Waals surface area (Å²) in [6.45, 7) is 0. The first-order chi connectivity index (χ1) is 8.33. The smallest absolute Gasteiger partial charge is 0.151 e. The Hall–Kier alpha value is -0.550. The molecule has 3 heterocycles. The highest BCUT2D eigenvalue weighted by atomic mass is 32.2. The lowest BCUT2D eigenvalue weighted by Gasteiger charge is -2.19. The number of aryl methyl sites for hydroxylation is 1. The fourth-order valence-corrected chi connectivity index (χ4v) is 3.93. The van der Waals surface area contributed by atoms with Crippen LogP contribution in [-0.2, 0) is 12.8 Å². The summed E-state index contributed by atoms with van der Waals surface area (Å²) in [6.07, 6.45) is 6.98. The van der Waals surface area contributed by atoms with Gasteiger partial charge in [-0.2, -0.15) is 16.9 Å². The number of nitrogens with two attached hydrogens (primary N) is 1. The van der Waals surface area contributed by atoms with Gasteiger partial charge in [0, 0.05) is 12.8 Å². The maximum atomic E-state index is 6.05. The van der Waals surface area contributed by atoms with Crippen molar-refractivity contribution in [3.63, 3.8) is 0 Å². The second-order valence-electron chi connectivity index (χ2n) is 5.11. The molecule has 2 aliphatic rings. The molecule has 1 aromatic heterocycles. The second kappa shape index (κ2) is 4.98. The maximum absolute atomic E-state index is 6.05. The lowest BCUT2D eigenvalue weighted by molar-refractivity contribution is 0.369. The summed E-state index contributed by atoms with van der Waals surface area (Å²) in [4.78, 5) is 4.66. The van der Waals surface area contributed by atoms with Crippen LogP contribution in [0.1, 0.15) is 43.5 Å². The van der Waals surface area contributed by atoms with Gasteiger partial charge in [0.1, 0.15) is 12.0 Å². The standard InChI is InChI=1S/C12H20N4S/c13-10-2-1-3-12-14-11(15-16(10)12)8-9-4-6-17-7-5-9/h9-10H,1-8,13H2. The molecule has 0 spiro atoms. The highest BCUT2D eigenvalue weighted by molar-refractivity contribution is 7.99. The van der Waals surface area contributed by atoms with Crippen molar-refractivity contribution in [1.82, 2.24) is 14.8 Å². The van der Waals surface area contributed by atoms with Gasteiger partial charge in [0.05, 0.1) is 0 Å². The van der Waals surface area contributed by atoms with Crippen molar-refractivity contribution >= 4 is 11.8 Å². The summed E-state index contributed by atoms with van der Waals surface area (Å²) >= 11 is 2.07. The highest BCUT2D eigenvalue weighted by Gasteiger charge is 2.22. The third-order valence-electron chi connectivity index (χ3n) is 3.77. The van der Waals surface area contributed by atoms with Gasteiger partial charge in [0.2, 0.25) is 0 Å². The zero-order valence-electron chi connectivity index (χ0n) is 10.1. The molecular weight excluding hydrogens is 232 g/mol. The van der Waals surface area contributed by atoms with Gasteiger partial charge in [0.15, 0.2) is 5.82 Å². The van der Waals surface area contributed by atoms with E-state index in [1.807, 2.05) is 4.68 Å². The molecular formula is C12H20N4S. The topological polar surface area (TPSA) is 56.7 Å². The molecule has 2 aliphatic heterocycles. The minimum atomic E-state index is 0.0573. The number of aromatic nitrogens is 3. The zero-order valence-corrected chi connectivity index (χ0v) is 11.0. The van der Waals surface area contributed by atoms with Crippen molar-refractivity contribution < 1.29 is 0 Å². The highest BCUT2D eigenvalue weighted by Crippen LogP contribution is 2.26. The average molecular weight is 252 g/mol. The van der Waals surface area contributed by atoms with Gasteiger partial charge in [-0.25, -0.2) is 9.67 Å². The molecule has 1 atom stereocenters. The van der Waals surface area contributed by atoms with Crippen molar-refractivity contribution in [2.45, 2.75) is 44.7 Å². The molecule has 0 amide bonds. The van der Waals surface area contributed by atoms with Crippen LogP contribution in [0.5, 0.6) is 0 Å². The van der Waals surface area contributed by atoms with E-state index in [1.54, 1.807) is 0 Å². The third kappa shape index (κ3) is 2.50. The Morgan fingerprint density at radius 2 is 2.12 bits per heavy atom. The minimum Gasteiger partial charge on any atom is -0.310 e. The van der Waals surface area contributed by atoms with Gasteiger partial charge >= 0.3 is 0 Å². The molecule has 0 radical (unpaired) electrons. The van der Waals surface area contributed by atoms with Crippen LogP contribution in [0.2, 0.25) is 0 Å². The lowest BCUT2D eigenvalue weighted by Crippen LogP contribution is -2.26. The summed E-state index contributed by atoms with van der Waals surface area (Å²) in [5.41, 5.74) is 6.05. The third-order valence-corrected chi connectivity index (χ3v) is 4.82. The van der Waals surface area contributed by atoms with Crippen LogP contribution >= 0.6 is 11.8 Å². The maximum Gasteiger partial charge on any atom is 0.151 e. The van der Waals surface area contributed by atoms with Crippen LogP contribution in [0.3, 0.4) is 0 Å². The van der Waals surface area contributed by atoms with E-state index < -0.39 is 0 Å². The fraction of sp³-hybridized carbons (Fsp3) is 0.833. The molecule has 0 bridgehead atoms. The normalized spacial score (nSPS) is 25.8. The van der Waals surface area contributed by atoms with Crippen LogP contribution in [-0.4, -0.2) is 26.3 Å². The Kier molecular flexibility index (Phi) is 3.38. The molecule has 2 N–H and O–H groups in total. The van der Waals surface area contributed by atoms with Crippen LogP contribution in [0, 0.1) is 5.92 Å². The van der Waals surface area contributed by atoms with Crippen LogP contribution in [0.15, 0.2) is 0 Å². The SMILES string of the molecule is NC1CCCc2nc(CC3CCSCC3)nn21. The van der Waals surface area contributed by atoms with E-state index in [4.69, 9.17) is 5.73 Å². The van der Waals surface area contributed by atoms with E-state index in [1.165, 1.54) is 24.3 Å². The van der Waals surface area contributed by atoms with E-state index in [2.05, 4.69) is 21.8 Å². The second-order valence-corrected chi connectivity index (χ2v) is 6.33. The predicted octanol–water partition coefficient (Wildman–Crippen LogP) is 1.76. The molecule has 0 aromatic carbocycles. The first kappa shape index (κ1) is 11.5. The number of fused-ring (bicyclic) bond motifs is 1. The van der Waals surface area contributed by atoms with Gasteiger partial charge in [-0.15, -0.1) is 0 Å². The van der Waals surface area contributed by atoms with Gasteiger partial charge in [-0.05, 0) is 43.1 Å². The fourth-order valence-electron chi connectivity index (χ4n) is 2.73. The van der Waals surface area contributed by atoms with Gasteiger partial charge in [-0.3, -0.25) is 0 Å². The molecule has 17 heavy (non-hydrogen) atoms. The van der Waals surface area contributed by atoms with Gasteiger partial charge in [-0.1, -0.05) is 0 Å². The Morgan fingerprint density at radius 3 is 2.88 bits per heavy atom. The van der Waals surface area contributed by atoms with Gasteiger partial charge < -0.3 is 5.73 Å². The molecule has 1 fully saturated rings. The summed E-state index contributed by atoms with van der Waals surface area (Å²) in [6, 6.07) is 0. The van der Waals surface area contributed by atoms with Crippen molar-refractivity contribution in [2.24, 2.45) is 11.7 Å². The Bertz CT molecular complexity index is 384. The van der Waals surface area contributed by atoms with E-state index >= 15 is 0 Å². The molecule has 1 unspecified atom stereocenters. The van der Waals surface area contributed by atoms with E-state index in [9.17, 15) is 0 Å². The number of nitrogens with zero attached hydrogens (tertiary/aromatic N) is 3. The average Bonchev–Trinajstić information content (AvgIpc) is 2.74. The minimum absolute atomic E-state index is 0.0573. The molecule has 1 aromatic rings. The lowest BCUT2D eigenvalue weighted by atomic mass is 9.99. The summed E-state index contributed by atoms with van der Waals surface area (Å²) < 4.78 is 1.95. The van der Waals surface area contributed by atoms with Crippen LogP contribution in [0.25, 0.3) is 0 Å². The summed E-state index contributed by atoms with van der Waals surface area (Å²) in [5.74, 6) is 5.52. The van der Waals surface area contributed by atoms with Crippen LogP contribution < -0.4 is 5.73 Å². The first-order valence-corrected chi connectivity index (χ1v) is 7.76. The quantitative estimate of drug-likeness (QED) is 0.871. The predicted molar refractivity (Wildman–Crippen MR) is 69.9 cm³/mol. The molecule has 0 aliphatic carbocycles. The number of hydrogen-bond donors (Lipinski definition) is 1.